The highest BCUT2D eigenvalue weighted by Gasteiger charge is 2.30. The fraction of sp³-hybridized carbons (Fsp3) is 0.292. The molecule has 0 radical (unpaired) electrons. The minimum atomic E-state index is -0.410. The van der Waals surface area contributed by atoms with E-state index in [9.17, 15) is 14.4 Å². The number of carbonyl (C=O) groups is 3. The van der Waals surface area contributed by atoms with Crippen LogP contribution in [0.15, 0.2) is 54.6 Å². The summed E-state index contributed by atoms with van der Waals surface area (Å²) in [6.45, 7) is 3.29. The molecule has 0 unspecified atom stereocenters. The zero-order valence-electron chi connectivity index (χ0n) is 18.3. The van der Waals surface area contributed by atoms with Gasteiger partial charge < -0.3 is 15.5 Å². The summed E-state index contributed by atoms with van der Waals surface area (Å²) in [4.78, 5) is 39.7. The molecule has 2 N–H and O–H groups in total. The summed E-state index contributed by atoms with van der Waals surface area (Å²) >= 11 is 0.956. The summed E-state index contributed by atoms with van der Waals surface area (Å²) in [5.41, 5.74) is 2.76. The monoisotopic (exact) mass is 463 g/mol. The minimum absolute atomic E-state index is 0.0632. The second-order valence-electron chi connectivity index (χ2n) is 8.03. The Bertz CT molecular complexity index is 1130. The summed E-state index contributed by atoms with van der Waals surface area (Å²) in [7, 11) is 0. The summed E-state index contributed by atoms with van der Waals surface area (Å²) in [5, 5.41) is 13.8. The molecule has 2 heterocycles. The average molecular weight is 464 g/mol. The molecule has 1 saturated heterocycles. The fourth-order valence-electron chi connectivity index (χ4n) is 3.66. The van der Waals surface area contributed by atoms with Gasteiger partial charge in [0, 0.05) is 25.3 Å². The molecule has 0 saturated carbocycles. The Morgan fingerprint density at radius 2 is 1.76 bits per heavy atom. The van der Waals surface area contributed by atoms with Crippen LogP contribution in [-0.4, -0.2) is 45.9 Å². The Hall–Kier alpha value is -3.59. The van der Waals surface area contributed by atoms with Crippen LogP contribution in [0.3, 0.4) is 0 Å². The maximum absolute atomic E-state index is 12.9. The quantitative estimate of drug-likeness (QED) is 0.584. The molecule has 4 rings (SSSR count). The summed E-state index contributed by atoms with van der Waals surface area (Å²) < 4.78 is 0. The molecular weight excluding hydrogens is 438 g/mol. The van der Waals surface area contributed by atoms with E-state index in [2.05, 4.69) is 20.8 Å². The molecule has 0 aliphatic carbocycles. The Balaban J connectivity index is 1.33. The zero-order chi connectivity index (χ0) is 23.2. The lowest BCUT2D eigenvalue weighted by Crippen LogP contribution is -2.45. The highest BCUT2D eigenvalue weighted by molar-refractivity contribution is 7.15. The molecule has 1 aliphatic rings. The van der Waals surface area contributed by atoms with Gasteiger partial charge in [-0.1, -0.05) is 59.4 Å². The van der Waals surface area contributed by atoms with Crippen molar-refractivity contribution in [3.05, 3.63) is 75.7 Å². The number of benzene rings is 2. The van der Waals surface area contributed by atoms with Gasteiger partial charge in [-0.2, -0.15) is 0 Å². The maximum atomic E-state index is 12.9. The van der Waals surface area contributed by atoms with Crippen LogP contribution in [0.5, 0.6) is 0 Å². The molecule has 9 heteroatoms. The van der Waals surface area contributed by atoms with Crippen molar-refractivity contribution in [2.75, 3.05) is 18.4 Å². The highest BCUT2D eigenvalue weighted by Crippen LogP contribution is 2.21. The second kappa shape index (κ2) is 10.4. The van der Waals surface area contributed by atoms with E-state index in [1.165, 1.54) is 0 Å². The number of rotatable bonds is 6. The highest BCUT2D eigenvalue weighted by atomic mass is 32.1. The number of aromatic nitrogens is 2. The number of hydrogen-bond donors (Lipinski definition) is 2. The third-order valence-corrected chi connectivity index (χ3v) is 6.41. The van der Waals surface area contributed by atoms with Crippen molar-refractivity contribution in [2.45, 2.75) is 26.3 Å². The maximum Gasteiger partial charge on any atom is 0.286 e. The van der Waals surface area contributed by atoms with Gasteiger partial charge in [-0.05, 0) is 37.5 Å². The number of likely N-dealkylation sites (tertiary alicyclic amines) is 1. The van der Waals surface area contributed by atoms with E-state index in [0.29, 0.717) is 25.3 Å². The van der Waals surface area contributed by atoms with Crippen molar-refractivity contribution in [2.24, 2.45) is 5.92 Å². The molecule has 1 aliphatic heterocycles. The zero-order valence-corrected chi connectivity index (χ0v) is 19.1. The molecular formula is C24H25N5O3S. The molecule has 170 valence electrons. The lowest BCUT2D eigenvalue weighted by Gasteiger charge is -2.31. The van der Waals surface area contributed by atoms with Gasteiger partial charge in [-0.15, -0.1) is 10.2 Å². The van der Waals surface area contributed by atoms with E-state index in [4.69, 9.17) is 0 Å². The van der Waals surface area contributed by atoms with Gasteiger partial charge in [-0.25, -0.2) is 0 Å². The first-order valence-electron chi connectivity index (χ1n) is 10.8. The fourth-order valence-corrected chi connectivity index (χ4v) is 4.37. The molecule has 3 aromatic rings. The molecule has 0 spiro atoms. The Kier molecular flexibility index (Phi) is 7.09. The lowest BCUT2D eigenvalue weighted by molar-refractivity contribution is -0.126. The van der Waals surface area contributed by atoms with E-state index >= 15 is 0 Å². The van der Waals surface area contributed by atoms with Crippen LogP contribution in [0.25, 0.3) is 0 Å². The predicted octanol–water partition coefficient (Wildman–Crippen LogP) is 3.27. The van der Waals surface area contributed by atoms with Gasteiger partial charge >= 0.3 is 0 Å². The van der Waals surface area contributed by atoms with Crippen molar-refractivity contribution in [1.82, 2.24) is 20.4 Å². The number of aryl methyl sites for hydroxylation is 1. The van der Waals surface area contributed by atoms with Crippen molar-refractivity contribution in [3.8, 4) is 0 Å². The minimum Gasteiger partial charge on any atom is -0.352 e. The van der Waals surface area contributed by atoms with Gasteiger partial charge in [0.05, 0.1) is 5.92 Å². The number of nitrogens with zero attached hydrogens (tertiary/aromatic N) is 3. The van der Waals surface area contributed by atoms with Gasteiger partial charge in [0.2, 0.25) is 15.9 Å². The first-order chi connectivity index (χ1) is 16.0. The standard InChI is InChI=1S/C24H25N5O3S/c1-16-9-11-19(12-10-16)26-21(31)22-27-28-23(33-22)24(32)29-13-5-8-18(15-29)20(30)25-14-17-6-3-2-4-7-17/h2-4,6-7,9-12,18H,5,8,13-15H2,1H3,(H,25,30)(H,26,31)/t18-/m1/s1. The van der Waals surface area contributed by atoms with Gasteiger partial charge in [0.15, 0.2) is 0 Å². The average Bonchev–Trinajstić information content (AvgIpc) is 3.35. The van der Waals surface area contributed by atoms with Crippen LogP contribution in [0.2, 0.25) is 0 Å². The SMILES string of the molecule is Cc1ccc(NC(=O)c2nnc(C(=O)N3CCC[C@@H](C(=O)NCc4ccccc4)C3)s2)cc1. The molecule has 33 heavy (non-hydrogen) atoms. The first kappa shape index (κ1) is 22.6. The summed E-state index contributed by atoms with van der Waals surface area (Å²) in [6.07, 6.45) is 1.46. The van der Waals surface area contributed by atoms with Crippen molar-refractivity contribution >= 4 is 34.7 Å². The van der Waals surface area contributed by atoms with Crippen LogP contribution in [0.4, 0.5) is 5.69 Å². The molecule has 1 atom stereocenters. The van der Waals surface area contributed by atoms with E-state index in [1.54, 1.807) is 17.0 Å². The molecule has 2 aromatic carbocycles. The number of carbonyl (C=O) groups excluding carboxylic acids is 3. The van der Waals surface area contributed by atoms with Gasteiger partial charge in [0.25, 0.3) is 11.8 Å². The van der Waals surface area contributed by atoms with Crippen LogP contribution < -0.4 is 10.6 Å². The largest absolute Gasteiger partial charge is 0.352 e. The molecule has 1 aromatic heterocycles. The van der Waals surface area contributed by atoms with Crippen LogP contribution in [-0.2, 0) is 11.3 Å². The van der Waals surface area contributed by atoms with Crippen LogP contribution in [0.1, 0.15) is 43.6 Å². The summed E-state index contributed by atoms with van der Waals surface area (Å²) in [5.74, 6) is -1.05. The van der Waals surface area contributed by atoms with Crippen LogP contribution >= 0.6 is 11.3 Å². The number of piperidine rings is 1. The van der Waals surface area contributed by atoms with E-state index in [0.717, 1.165) is 35.3 Å². The molecule has 3 amide bonds. The third-order valence-electron chi connectivity index (χ3n) is 5.50. The lowest BCUT2D eigenvalue weighted by atomic mass is 9.97. The normalized spacial score (nSPS) is 15.7. The van der Waals surface area contributed by atoms with Gasteiger partial charge in [0.1, 0.15) is 0 Å². The van der Waals surface area contributed by atoms with Crippen LogP contribution in [0, 0.1) is 12.8 Å². The molecule has 0 bridgehead atoms. The number of nitrogens with one attached hydrogen (secondary N) is 2. The Labute approximate surface area is 196 Å². The second-order valence-corrected chi connectivity index (χ2v) is 9.00. The van der Waals surface area contributed by atoms with Gasteiger partial charge in [-0.3, -0.25) is 14.4 Å². The predicted molar refractivity (Wildman–Crippen MR) is 126 cm³/mol. The number of anilines is 1. The molecule has 8 nitrogen and oxygen atoms in total. The number of hydrogen-bond acceptors (Lipinski definition) is 6. The van der Waals surface area contributed by atoms with E-state index in [-0.39, 0.29) is 27.7 Å². The van der Waals surface area contributed by atoms with Crippen molar-refractivity contribution < 1.29 is 14.4 Å². The smallest absolute Gasteiger partial charge is 0.286 e. The first-order valence-corrected chi connectivity index (χ1v) is 11.6. The Morgan fingerprint density at radius 3 is 2.52 bits per heavy atom. The van der Waals surface area contributed by atoms with E-state index in [1.807, 2.05) is 49.4 Å². The van der Waals surface area contributed by atoms with Crippen molar-refractivity contribution in [1.29, 1.82) is 0 Å². The van der Waals surface area contributed by atoms with Crippen molar-refractivity contribution in [3.63, 3.8) is 0 Å². The number of amides is 3. The Morgan fingerprint density at radius 1 is 1.03 bits per heavy atom. The topological polar surface area (TPSA) is 104 Å². The van der Waals surface area contributed by atoms with E-state index < -0.39 is 5.91 Å². The summed E-state index contributed by atoms with van der Waals surface area (Å²) in [6, 6.07) is 17.1. The molecule has 1 fully saturated rings. The third kappa shape index (κ3) is 5.81.